The molecule has 0 fully saturated rings. The van der Waals surface area contributed by atoms with Crippen molar-refractivity contribution < 1.29 is 19.1 Å². The molecule has 35 heavy (non-hydrogen) atoms. The zero-order valence-corrected chi connectivity index (χ0v) is 23.5. The smallest absolute Gasteiger partial charge is 0.408 e. The van der Waals surface area contributed by atoms with Crippen molar-refractivity contribution in [1.29, 1.82) is 0 Å². The Bertz CT molecular complexity index is 868. The fourth-order valence-corrected chi connectivity index (χ4v) is 3.81. The van der Waals surface area contributed by atoms with Gasteiger partial charge >= 0.3 is 6.09 Å². The van der Waals surface area contributed by atoms with E-state index in [4.69, 9.17) is 4.74 Å². The summed E-state index contributed by atoms with van der Waals surface area (Å²) in [6, 6.07) is 4.28. The van der Waals surface area contributed by atoms with E-state index in [-0.39, 0.29) is 11.8 Å². The first-order chi connectivity index (χ1) is 16.1. The number of hydrogen-bond acceptors (Lipinski definition) is 4. The number of amides is 3. The number of aryl methyl sites for hydroxylation is 2. The number of hydrogen-bond donors (Lipinski definition) is 2. The molecular weight excluding hydrogens is 442 g/mol. The van der Waals surface area contributed by atoms with Crippen molar-refractivity contribution in [3.63, 3.8) is 0 Å². The van der Waals surface area contributed by atoms with Crippen molar-refractivity contribution >= 4 is 17.9 Å². The summed E-state index contributed by atoms with van der Waals surface area (Å²) in [4.78, 5) is 41.4. The Balaban J connectivity index is 3.42. The molecule has 7 nitrogen and oxygen atoms in total. The molecule has 1 aromatic rings. The maximum Gasteiger partial charge on any atom is 0.408 e. The third-order valence-corrected chi connectivity index (χ3v) is 5.43. The molecule has 0 saturated carbocycles. The lowest BCUT2D eigenvalue weighted by Gasteiger charge is -2.36. The molecule has 0 aliphatic rings. The van der Waals surface area contributed by atoms with Crippen LogP contribution in [0.4, 0.5) is 4.79 Å². The third kappa shape index (κ3) is 10.7. The molecule has 0 aromatic heterocycles. The average Bonchev–Trinajstić information content (AvgIpc) is 2.69. The zero-order valence-electron chi connectivity index (χ0n) is 23.5. The average molecular weight is 490 g/mol. The summed E-state index contributed by atoms with van der Waals surface area (Å²) in [7, 11) is 0. The second-order valence-corrected chi connectivity index (χ2v) is 11.5. The van der Waals surface area contributed by atoms with Gasteiger partial charge in [0.25, 0.3) is 0 Å². The Morgan fingerprint density at radius 3 is 2.17 bits per heavy atom. The number of nitrogens with zero attached hydrogens (tertiary/aromatic N) is 1. The summed E-state index contributed by atoms with van der Waals surface area (Å²) >= 11 is 0. The van der Waals surface area contributed by atoms with E-state index in [0.717, 1.165) is 42.4 Å². The predicted molar refractivity (Wildman–Crippen MR) is 141 cm³/mol. The molecule has 2 unspecified atom stereocenters. The predicted octanol–water partition coefficient (Wildman–Crippen LogP) is 5.58. The van der Waals surface area contributed by atoms with Crippen LogP contribution in [0.1, 0.15) is 104 Å². The molecule has 0 heterocycles. The molecule has 1 aromatic carbocycles. The standard InChI is InChI=1S/C28H47N3O4/c1-11-12-13-14-17-31(25(33)21(4)29-26(34)35-28(8,9)10)23(24(32)30-27(5,6)7)22-18-19(2)15-16-20(22)3/h15-16,18,21,23H,11-14,17H2,1-10H3,(H,29,34)(H,30,32). The van der Waals surface area contributed by atoms with Gasteiger partial charge in [-0.05, 0) is 79.9 Å². The van der Waals surface area contributed by atoms with Crippen molar-refractivity contribution in [2.45, 2.75) is 118 Å². The van der Waals surface area contributed by atoms with Crippen LogP contribution in [0.3, 0.4) is 0 Å². The molecule has 1 rings (SSSR count). The normalized spacial score (nSPS) is 13.5. The van der Waals surface area contributed by atoms with Gasteiger partial charge in [0.15, 0.2) is 0 Å². The molecule has 0 aliphatic heterocycles. The van der Waals surface area contributed by atoms with E-state index in [1.54, 1.807) is 32.6 Å². The van der Waals surface area contributed by atoms with Crippen LogP contribution in [0.25, 0.3) is 0 Å². The van der Waals surface area contributed by atoms with Crippen LogP contribution in [-0.2, 0) is 14.3 Å². The third-order valence-electron chi connectivity index (χ3n) is 5.43. The van der Waals surface area contributed by atoms with Gasteiger partial charge in [0, 0.05) is 12.1 Å². The number of rotatable bonds is 10. The molecule has 0 radical (unpaired) electrons. The molecule has 0 aliphatic carbocycles. The summed E-state index contributed by atoms with van der Waals surface area (Å²) in [6.07, 6.45) is 3.18. The van der Waals surface area contributed by atoms with Gasteiger partial charge in [0.1, 0.15) is 17.7 Å². The van der Waals surface area contributed by atoms with Crippen LogP contribution in [0.15, 0.2) is 18.2 Å². The fourth-order valence-electron chi connectivity index (χ4n) is 3.81. The van der Waals surface area contributed by atoms with Gasteiger partial charge in [-0.1, -0.05) is 49.9 Å². The van der Waals surface area contributed by atoms with Gasteiger partial charge in [-0.25, -0.2) is 4.79 Å². The van der Waals surface area contributed by atoms with E-state index < -0.39 is 29.3 Å². The van der Waals surface area contributed by atoms with Gasteiger partial charge in [0.2, 0.25) is 11.8 Å². The minimum Gasteiger partial charge on any atom is -0.444 e. The minimum atomic E-state index is -0.855. The Kier molecular flexibility index (Phi) is 11.3. The van der Waals surface area contributed by atoms with Gasteiger partial charge in [-0.2, -0.15) is 0 Å². The van der Waals surface area contributed by atoms with Crippen LogP contribution in [0.2, 0.25) is 0 Å². The molecule has 0 bridgehead atoms. The number of benzene rings is 1. The van der Waals surface area contributed by atoms with E-state index in [1.165, 1.54) is 0 Å². The number of unbranched alkanes of at least 4 members (excludes halogenated alkanes) is 3. The largest absolute Gasteiger partial charge is 0.444 e. The molecule has 7 heteroatoms. The van der Waals surface area contributed by atoms with Gasteiger partial charge in [-0.15, -0.1) is 0 Å². The Labute approximate surface area is 212 Å². The van der Waals surface area contributed by atoms with E-state index in [2.05, 4.69) is 17.6 Å². The van der Waals surface area contributed by atoms with Crippen LogP contribution >= 0.6 is 0 Å². The lowest BCUT2D eigenvalue weighted by atomic mass is 9.95. The highest BCUT2D eigenvalue weighted by Gasteiger charge is 2.36. The Hall–Kier alpha value is -2.57. The second-order valence-electron chi connectivity index (χ2n) is 11.5. The topological polar surface area (TPSA) is 87.7 Å². The summed E-state index contributed by atoms with van der Waals surface area (Å²) in [5, 5.41) is 5.72. The first-order valence-electron chi connectivity index (χ1n) is 12.7. The number of ether oxygens (including phenoxy) is 1. The summed E-state index contributed by atoms with van der Waals surface area (Å²) in [6.45, 7) is 19.2. The number of nitrogens with one attached hydrogen (secondary N) is 2. The Morgan fingerprint density at radius 1 is 1.00 bits per heavy atom. The SMILES string of the molecule is CCCCCCN(C(=O)C(C)NC(=O)OC(C)(C)C)C(C(=O)NC(C)(C)C)c1cc(C)ccc1C. The van der Waals surface area contributed by atoms with E-state index in [0.29, 0.717) is 6.54 Å². The molecule has 0 spiro atoms. The van der Waals surface area contributed by atoms with Crippen molar-refractivity contribution in [2.75, 3.05) is 6.54 Å². The highest BCUT2D eigenvalue weighted by atomic mass is 16.6. The first kappa shape index (κ1) is 30.5. The van der Waals surface area contributed by atoms with Crippen LogP contribution in [-0.4, -0.2) is 46.5 Å². The van der Waals surface area contributed by atoms with Gasteiger partial charge in [0.05, 0.1) is 0 Å². The van der Waals surface area contributed by atoms with Crippen molar-refractivity contribution in [2.24, 2.45) is 0 Å². The molecule has 0 saturated heterocycles. The number of alkyl carbamates (subject to hydrolysis) is 1. The Morgan fingerprint density at radius 2 is 1.63 bits per heavy atom. The second kappa shape index (κ2) is 12.9. The number of carbonyl (C=O) groups excluding carboxylic acids is 3. The maximum atomic E-state index is 13.8. The van der Waals surface area contributed by atoms with Gasteiger partial charge in [-0.3, -0.25) is 9.59 Å². The van der Waals surface area contributed by atoms with E-state index in [1.807, 2.05) is 52.8 Å². The summed E-state index contributed by atoms with van der Waals surface area (Å²) in [5.41, 5.74) is 1.59. The first-order valence-corrected chi connectivity index (χ1v) is 12.7. The van der Waals surface area contributed by atoms with Crippen LogP contribution in [0.5, 0.6) is 0 Å². The molecule has 198 valence electrons. The molecule has 2 atom stereocenters. The molecule has 2 N–H and O–H groups in total. The highest BCUT2D eigenvalue weighted by molar-refractivity contribution is 5.92. The monoisotopic (exact) mass is 489 g/mol. The van der Waals surface area contributed by atoms with Crippen LogP contribution < -0.4 is 10.6 Å². The maximum absolute atomic E-state index is 13.8. The fraction of sp³-hybridized carbons (Fsp3) is 0.679. The minimum absolute atomic E-state index is 0.237. The summed E-state index contributed by atoms with van der Waals surface area (Å²) < 4.78 is 5.34. The lowest BCUT2D eigenvalue weighted by Crippen LogP contribution is -2.54. The van der Waals surface area contributed by atoms with Crippen LogP contribution in [0, 0.1) is 13.8 Å². The molecule has 3 amide bonds. The highest BCUT2D eigenvalue weighted by Crippen LogP contribution is 2.28. The number of carbonyl (C=O) groups is 3. The van der Waals surface area contributed by atoms with Crippen molar-refractivity contribution in [3.05, 3.63) is 34.9 Å². The van der Waals surface area contributed by atoms with Gasteiger partial charge < -0.3 is 20.3 Å². The van der Waals surface area contributed by atoms with E-state index >= 15 is 0 Å². The lowest BCUT2D eigenvalue weighted by molar-refractivity contribution is -0.142. The molecular formula is C28H47N3O4. The quantitative estimate of drug-likeness (QED) is 0.420. The summed E-state index contributed by atoms with van der Waals surface area (Å²) in [5.74, 6) is -0.554. The van der Waals surface area contributed by atoms with E-state index in [9.17, 15) is 14.4 Å². The van der Waals surface area contributed by atoms with Crippen molar-refractivity contribution in [3.8, 4) is 0 Å². The zero-order chi connectivity index (χ0) is 27.0. The van der Waals surface area contributed by atoms with Crippen molar-refractivity contribution in [1.82, 2.24) is 15.5 Å².